The van der Waals surface area contributed by atoms with Crippen molar-refractivity contribution in [3.63, 3.8) is 0 Å². The first-order valence-corrected chi connectivity index (χ1v) is 25.4. The summed E-state index contributed by atoms with van der Waals surface area (Å²) >= 11 is 0. The highest BCUT2D eigenvalue weighted by molar-refractivity contribution is 6.70. The Morgan fingerprint density at radius 2 is 0.405 bits per heavy atom. The zero-order chi connectivity index (χ0) is 47.3. The third-order valence-corrected chi connectivity index (χ3v) is 20.4. The smallest absolute Gasteiger partial charge is 0.131 e. The van der Waals surface area contributed by atoms with Gasteiger partial charge in [-0.25, -0.2) is 0 Å². The molecule has 24 rings (SSSR count). The van der Waals surface area contributed by atoms with Gasteiger partial charge in [0.25, 0.3) is 0 Å². The number of hydrogen-bond acceptors (Lipinski definition) is 6. The van der Waals surface area contributed by atoms with Gasteiger partial charge in [0.15, 0.2) is 0 Å². The van der Waals surface area contributed by atoms with Gasteiger partial charge in [0, 0.05) is 194 Å². The molecular formula is C68H22O6. The summed E-state index contributed by atoms with van der Waals surface area (Å²) in [5.74, 6) is 1.12. The standard InChI is InChI=1S/C68H22O6/c69-31-15-17-7-9-25-41-33(17)47-39(31)21-3-1-5-23-37(21)53-43-27(65(23)71)11-19-13-29-46-51-35(19)49(43)61-59-52-36-20(14-30(67(25)73)45(52)55(41)63(61)57(47)53)12-28-44-50(36)62(60(51)59)64-56(46)42-26(68(29)74)10-8-18-16-32(70)40-22-4-2-6-24(66(28)72)38(22)54(44)58(64)48(40)34(18)42/h1-16,69-74H. The lowest BCUT2D eigenvalue weighted by atomic mass is 9.68. The van der Waals surface area contributed by atoms with Gasteiger partial charge in [-0.05, 0) is 102 Å². The lowest BCUT2D eigenvalue weighted by Gasteiger charge is -2.34. The SMILES string of the molecule is Oc1c2cccc3c4c(O)cc5ccc6c(O)c7cc8cc9c(O)c%10cccc%11c%12c(O)cc%13ccc%14c(O)c%15cc%16cc1c1c(c23)c2c4c5c6c3c7c4c8c5c9c(c%10%11)c6c%12c%13c%14c7c%15c8c%16c1c(c32)c4c8c5c76. The molecule has 0 aromatic heterocycles. The molecule has 0 unspecified atom stereocenters. The quantitative estimate of drug-likeness (QED) is 0.0665. The summed E-state index contributed by atoms with van der Waals surface area (Å²) < 4.78 is 0. The van der Waals surface area contributed by atoms with Gasteiger partial charge in [-0.15, -0.1) is 0 Å². The van der Waals surface area contributed by atoms with Crippen molar-refractivity contribution >= 4 is 248 Å². The Labute approximate surface area is 408 Å². The van der Waals surface area contributed by atoms with Crippen molar-refractivity contribution in [1.29, 1.82) is 0 Å². The van der Waals surface area contributed by atoms with Crippen molar-refractivity contribution in [2.24, 2.45) is 0 Å². The van der Waals surface area contributed by atoms with E-state index in [9.17, 15) is 30.6 Å². The van der Waals surface area contributed by atoms with E-state index in [2.05, 4.69) is 36.4 Å². The first kappa shape index (κ1) is 33.5. The summed E-state index contributed by atoms with van der Waals surface area (Å²) in [6.45, 7) is 0. The number of rotatable bonds is 0. The average Bonchev–Trinajstić information content (AvgIpc) is 3.58. The van der Waals surface area contributed by atoms with Gasteiger partial charge in [0.1, 0.15) is 34.5 Å². The maximum atomic E-state index is 13.2. The summed E-state index contributed by atoms with van der Waals surface area (Å²) in [7, 11) is 0. The molecule has 0 aliphatic rings. The molecular weight excluding hydrogens is 913 g/mol. The summed E-state index contributed by atoms with van der Waals surface area (Å²) in [6, 6.07) is 32.7. The Morgan fingerprint density at radius 1 is 0.162 bits per heavy atom. The van der Waals surface area contributed by atoms with Gasteiger partial charge in [0.2, 0.25) is 0 Å². The predicted molar refractivity (Wildman–Crippen MR) is 307 cm³/mol. The van der Waals surface area contributed by atoms with Gasteiger partial charge in [0.05, 0.1) is 0 Å². The minimum absolute atomic E-state index is 0.175. The fourth-order valence-corrected chi connectivity index (χ4v) is 18.4. The van der Waals surface area contributed by atoms with Gasteiger partial charge in [-0.3, -0.25) is 0 Å². The minimum atomic E-state index is 0.175. The maximum Gasteiger partial charge on any atom is 0.131 e. The van der Waals surface area contributed by atoms with Gasteiger partial charge < -0.3 is 30.6 Å². The molecule has 6 nitrogen and oxygen atoms in total. The number of phenolic OH excluding ortho intramolecular Hbond substituents is 6. The molecule has 24 aromatic carbocycles. The molecule has 0 heterocycles. The van der Waals surface area contributed by atoms with Crippen LogP contribution < -0.4 is 0 Å². The van der Waals surface area contributed by atoms with E-state index in [0.29, 0.717) is 0 Å². The topological polar surface area (TPSA) is 121 Å². The van der Waals surface area contributed by atoms with Gasteiger partial charge in [-0.1, -0.05) is 48.5 Å². The van der Waals surface area contributed by atoms with Crippen LogP contribution in [0.15, 0.2) is 97.1 Å². The van der Waals surface area contributed by atoms with E-state index in [4.69, 9.17) is 0 Å². The van der Waals surface area contributed by atoms with E-state index in [1.165, 1.54) is 0 Å². The fraction of sp³-hybridized carbons (Fsp3) is 0. The molecule has 0 radical (unpaired) electrons. The molecule has 330 valence electrons. The van der Waals surface area contributed by atoms with Crippen molar-refractivity contribution in [3.05, 3.63) is 97.1 Å². The van der Waals surface area contributed by atoms with Crippen LogP contribution in [0.4, 0.5) is 0 Å². The molecule has 0 aliphatic carbocycles. The highest BCUT2D eigenvalue weighted by atomic mass is 16.3. The Kier molecular flexibility index (Phi) is 4.17. The number of hydrogen-bond donors (Lipinski definition) is 6. The molecule has 6 N–H and O–H groups in total. The van der Waals surface area contributed by atoms with Crippen molar-refractivity contribution < 1.29 is 30.6 Å². The first-order chi connectivity index (χ1) is 36.3. The molecule has 0 bridgehead atoms. The van der Waals surface area contributed by atoms with Crippen LogP contribution in [0.5, 0.6) is 34.5 Å². The zero-order valence-electron chi connectivity index (χ0n) is 37.9. The zero-order valence-corrected chi connectivity index (χ0v) is 37.9. The lowest BCUT2D eigenvalue weighted by Crippen LogP contribution is -2.05. The molecule has 0 atom stereocenters. The second kappa shape index (κ2) is 9.21. The Morgan fingerprint density at radius 3 is 0.757 bits per heavy atom. The van der Waals surface area contributed by atoms with Crippen LogP contribution in [0.1, 0.15) is 0 Å². The Balaban J connectivity index is 1.20. The molecule has 74 heavy (non-hydrogen) atoms. The van der Waals surface area contributed by atoms with Crippen molar-refractivity contribution in [2.45, 2.75) is 0 Å². The second-order valence-corrected chi connectivity index (χ2v) is 22.7. The largest absolute Gasteiger partial charge is 0.507 e. The van der Waals surface area contributed by atoms with E-state index in [1.54, 1.807) is 0 Å². The molecule has 0 fully saturated rings. The Bertz CT molecular complexity index is 6400. The third kappa shape index (κ3) is 2.63. The summed E-state index contributed by atoms with van der Waals surface area (Å²) in [5.41, 5.74) is 0. The molecule has 0 spiro atoms. The summed E-state index contributed by atoms with van der Waals surface area (Å²) in [4.78, 5) is 0. The van der Waals surface area contributed by atoms with Crippen LogP contribution in [0.2, 0.25) is 0 Å². The van der Waals surface area contributed by atoms with Gasteiger partial charge in [-0.2, -0.15) is 0 Å². The number of aromatic hydroxyl groups is 6. The van der Waals surface area contributed by atoms with Crippen LogP contribution in [-0.2, 0) is 0 Å². The van der Waals surface area contributed by atoms with E-state index >= 15 is 0 Å². The van der Waals surface area contributed by atoms with Crippen LogP contribution in [0, 0.1) is 0 Å². The lowest BCUT2D eigenvalue weighted by molar-refractivity contribution is 0.482. The third-order valence-electron chi connectivity index (χ3n) is 20.4. The molecule has 0 aliphatic heterocycles. The van der Waals surface area contributed by atoms with Crippen molar-refractivity contribution in [1.82, 2.24) is 0 Å². The molecule has 0 saturated heterocycles. The van der Waals surface area contributed by atoms with Crippen LogP contribution in [-0.4, -0.2) is 30.6 Å². The van der Waals surface area contributed by atoms with Crippen molar-refractivity contribution in [3.8, 4) is 34.5 Å². The second-order valence-electron chi connectivity index (χ2n) is 22.7. The summed E-state index contributed by atoms with van der Waals surface area (Å²) in [5, 5.41) is 121. The van der Waals surface area contributed by atoms with Crippen LogP contribution in [0.25, 0.3) is 248 Å². The van der Waals surface area contributed by atoms with Crippen LogP contribution >= 0.6 is 0 Å². The monoisotopic (exact) mass is 934 g/mol. The fourth-order valence-electron chi connectivity index (χ4n) is 18.4. The molecule has 6 heteroatoms. The maximum absolute atomic E-state index is 13.2. The van der Waals surface area contributed by atoms with E-state index in [-0.39, 0.29) is 34.5 Å². The van der Waals surface area contributed by atoms with E-state index in [0.717, 1.165) is 248 Å². The summed E-state index contributed by atoms with van der Waals surface area (Å²) in [6.07, 6.45) is 0. The molecule has 0 amide bonds. The van der Waals surface area contributed by atoms with E-state index in [1.807, 2.05) is 60.7 Å². The van der Waals surface area contributed by atoms with Gasteiger partial charge >= 0.3 is 0 Å². The molecule has 0 saturated carbocycles. The van der Waals surface area contributed by atoms with Crippen LogP contribution in [0.3, 0.4) is 0 Å². The predicted octanol–water partition coefficient (Wildman–Crippen LogP) is 18.0. The minimum Gasteiger partial charge on any atom is -0.507 e. The molecule has 24 aromatic rings. The highest BCUT2D eigenvalue weighted by Crippen LogP contribution is 2.69. The normalized spacial score (nSPS) is 14.5. The van der Waals surface area contributed by atoms with E-state index < -0.39 is 0 Å². The van der Waals surface area contributed by atoms with Crippen molar-refractivity contribution in [2.75, 3.05) is 0 Å². The highest BCUT2D eigenvalue weighted by Gasteiger charge is 2.40. The Hall–Kier alpha value is -10.0. The number of phenols is 6. The average molecular weight is 935 g/mol. The number of fused-ring (bicyclic) bond motifs is 2. The number of benzene rings is 24. The first-order valence-electron chi connectivity index (χ1n) is 25.4.